The Morgan fingerprint density at radius 2 is 0.807 bits per heavy atom. The van der Waals surface area contributed by atoms with E-state index in [2.05, 4.69) is 197 Å². The van der Waals surface area contributed by atoms with Crippen LogP contribution in [-0.2, 0) is 0 Å². The van der Waals surface area contributed by atoms with E-state index >= 15 is 0 Å². The van der Waals surface area contributed by atoms with Gasteiger partial charge in [-0.2, -0.15) is 0 Å². The second-order valence-electron chi connectivity index (χ2n) is 15.1. The van der Waals surface area contributed by atoms with E-state index in [-0.39, 0.29) is 0 Å². The van der Waals surface area contributed by atoms with Crippen molar-refractivity contribution in [1.29, 1.82) is 0 Å². The molecule has 0 saturated carbocycles. The molecule has 0 amide bonds. The van der Waals surface area contributed by atoms with Crippen LogP contribution in [0.3, 0.4) is 0 Å². The summed E-state index contributed by atoms with van der Waals surface area (Å²) in [6, 6.07) is 66.8. The van der Waals surface area contributed by atoms with Crippen LogP contribution in [-0.4, -0.2) is 14.1 Å². The number of benzene rings is 9. The summed E-state index contributed by atoms with van der Waals surface area (Å²) in [5.41, 5.74) is 8.26. The van der Waals surface area contributed by atoms with Gasteiger partial charge in [0.05, 0.1) is 26.8 Å². The highest BCUT2D eigenvalue weighted by Crippen LogP contribution is 2.44. The number of pyridine rings is 1. The predicted molar refractivity (Wildman–Crippen MR) is 244 cm³/mol. The first kappa shape index (κ1) is 31.0. The third-order valence-electron chi connectivity index (χ3n) is 12.1. The maximum Gasteiger partial charge on any atom is 0.138 e. The van der Waals surface area contributed by atoms with Crippen LogP contribution in [0.5, 0.6) is 0 Å². The molecule has 9 aromatic carbocycles. The molecule has 0 bridgehead atoms. The van der Waals surface area contributed by atoms with Crippen LogP contribution in [0.2, 0.25) is 0 Å². The van der Waals surface area contributed by atoms with Crippen molar-refractivity contribution in [3.63, 3.8) is 0 Å². The molecule has 0 spiro atoms. The van der Waals surface area contributed by atoms with Gasteiger partial charge in [0.15, 0.2) is 0 Å². The Balaban J connectivity index is 1.06. The van der Waals surface area contributed by atoms with Crippen LogP contribution in [0.1, 0.15) is 0 Å². The standard InChI is InChI=1S/C53H31N3S/c1-2-12-34(13-3-1)55-47-20-10-8-18-40(47)42-25-26-43-41-19-9-11-21-48(41)56(53(43)52(42)55)51-30-46-45-29-33(23-27-49(45)57-50(46)31-54-51)32-22-24-39-37-16-5-4-14-35(37)36-15-6-7-17-38(36)44(39)28-32/h1-31H. The van der Waals surface area contributed by atoms with Crippen molar-refractivity contribution in [1.82, 2.24) is 14.1 Å². The molecule has 4 aromatic heterocycles. The third-order valence-corrected chi connectivity index (χ3v) is 13.3. The third kappa shape index (κ3) is 4.33. The molecule has 0 N–H and O–H groups in total. The molecule has 4 heterocycles. The van der Waals surface area contributed by atoms with Gasteiger partial charge in [0.2, 0.25) is 0 Å². The fourth-order valence-corrected chi connectivity index (χ4v) is 10.7. The molecular formula is C53H31N3S. The highest BCUT2D eigenvalue weighted by Gasteiger charge is 2.22. The number of rotatable bonds is 3. The average molecular weight is 742 g/mol. The molecule has 4 heteroatoms. The van der Waals surface area contributed by atoms with E-state index in [1.807, 2.05) is 11.3 Å². The zero-order chi connectivity index (χ0) is 37.2. The molecule has 13 aromatic rings. The molecule has 0 radical (unpaired) electrons. The molecule has 0 unspecified atom stereocenters. The lowest BCUT2D eigenvalue weighted by molar-refractivity contribution is 1.09. The van der Waals surface area contributed by atoms with Crippen LogP contribution in [0.4, 0.5) is 0 Å². The molecule has 0 saturated heterocycles. The van der Waals surface area contributed by atoms with Gasteiger partial charge in [-0.05, 0) is 92.0 Å². The quantitative estimate of drug-likeness (QED) is 0.165. The minimum absolute atomic E-state index is 0.917. The first-order chi connectivity index (χ1) is 28.3. The van der Waals surface area contributed by atoms with Crippen LogP contribution in [0.15, 0.2) is 188 Å². The van der Waals surface area contributed by atoms with Crippen LogP contribution in [0.25, 0.3) is 119 Å². The van der Waals surface area contributed by atoms with E-state index in [0.717, 1.165) is 22.5 Å². The summed E-state index contributed by atoms with van der Waals surface area (Å²) >= 11 is 1.81. The maximum absolute atomic E-state index is 5.24. The van der Waals surface area contributed by atoms with Gasteiger partial charge in [-0.25, -0.2) is 4.98 Å². The molecule has 0 aliphatic rings. The molecule has 3 nitrogen and oxygen atoms in total. The Kier molecular flexibility index (Phi) is 6.32. The summed E-state index contributed by atoms with van der Waals surface area (Å²) in [4.78, 5) is 5.24. The molecule has 0 atom stereocenters. The van der Waals surface area contributed by atoms with Gasteiger partial charge in [-0.3, -0.25) is 4.57 Å². The molecule has 57 heavy (non-hydrogen) atoms. The minimum Gasteiger partial charge on any atom is -0.307 e. The summed E-state index contributed by atoms with van der Waals surface area (Å²) < 4.78 is 7.28. The Labute approximate surface area is 330 Å². The first-order valence-electron chi connectivity index (χ1n) is 19.5. The van der Waals surface area contributed by atoms with E-state index in [0.29, 0.717) is 0 Å². The normalized spacial score (nSPS) is 12.2. The van der Waals surface area contributed by atoms with Gasteiger partial charge in [-0.1, -0.05) is 133 Å². The highest BCUT2D eigenvalue weighted by molar-refractivity contribution is 7.25. The summed E-state index contributed by atoms with van der Waals surface area (Å²) in [5.74, 6) is 0.917. The van der Waals surface area contributed by atoms with Crippen LogP contribution >= 0.6 is 11.3 Å². The SMILES string of the molecule is c1ccc(-n2c3ccccc3c3ccc4c5ccccc5n(-c5cc6c(cn5)sc5ccc(-c7ccc8c9ccccc9c9ccccc9c8c7)cc56)c4c32)cc1. The van der Waals surface area contributed by atoms with Crippen molar-refractivity contribution in [2.75, 3.05) is 0 Å². The lowest BCUT2D eigenvalue weighted by Crippen LogP contribution is -2.00. The monoisotopic (exact) mass is 741 g/mol. The number of hydrogen-bond acceptors (Lipinski definition) is 2. The van der Waals surface area contributed by atoms with Crippen molar-refractivity contribution in [3.8, 4) is 22.6 Å². The first-order valence-corrected chi connectivity index (χ1v) is 20.3. The molecule has 13 rings (SSSR count). The number of aromatic nitrogens is 3. The second-order valence-corrected chi connectivity index (χ2v) is 16.2. The highest BCUT2D eigenvalue weighted by atomic mass is 32.1. The Hall–Kier alpha value is -7.27. The van der Waals surface area contributed by atoms with E-state index in [1.165, 1.54) is 96.2 Å². The van der Waals surface area contributed by atoms with Gasteiger partial charge in [0.25, 0.3) is 0 Å². The minimum atomic E-state index is 0.917. The average Bonchev–Trinajstić information content (AvgIpc) is 3.94. The smallest absolute Gasteiger partial charge is 0.138 e. The second kappa shape index (κ2) is 11.6. The van der Waals surface area contributed by atoms with Crippen molar-refractivity contribution in [2.45, 2.75) is 0 Å². The van der Waals surface area contributed by atoms with Gasteiger partial charge >= 0.3 is 0 Å². The molecule has 0 aliphatic carbocycles. The van der Waals surface area contributed by atoms with Gasteiger partial charge in [0.1, 0.15) is 5.82 Å². The number of hydrogen-bond donors (Lipinski definition) is 0. The molecule has 0 fully saturated rings. The zero-order valence-corrected chi connectivity index (χ0v) is 31.5. The molecule has 264 valence electrons. The maximum atomic E-state index is 5.24. The van der Waals surface area contributed by atoms with Gasteiger partial charge < -0.3 is 4.57 Å². The van der Waals surface area contributed by atoms with Crippen molar-refractivity contribution in [3.05, 3.63) is 188 Å². The van der Waals surface area contributed by atoms with Crippen molar-refractivity contribution < 1.29 is 0 Å². The van der Waals surface area contributed by atoms with E-state index in [1.54, 1.807) is 0 Å². The van der Waals surface area contributed by atoms with Crippen LogP contribution < -0.4 is 0 Å². The fourth-order valence-electron chi connectivity index (χ4n) is 9.64. The summed E-state index contributed by atoms with van der Waals surface area (Å²) in [5, 5.41) is 15.1. The Bertz CT molecular complexity index is 3770. The van der Waals surface area contributed by atoms with E-state index in [4.69, 9.17) is 4.98 Å². The van der Waals surface area contributed by atoms with Crippen LogP contribution in [0, 0.1) is 0 Å². The molecular weight excluding hydrogens is 711 g/mol. The van der Waals surface area contributed by atoms with Gasteiger partial charge in [0, 0.05) is 48.9 Å². The summed E-state index contributed by atoms with van der Waals surface area (Å²) in [7, 11) is 0. The van der Waals surface area contributed by atoms with Gasteiger partial charge in [-0.15, -0.1) is 11.3 Å². The summed E-state index contributed by atoms with van der Waals surface area (Å²) in [6.07, 6.45) is 2.08. The Morgan fingerprint density at radius 1 is 0.333 bits per heavy atom. The zero-order valence-electron chi connectivity index (χ0n) is 30.6. The Morgan fingerprint density at radius 3 is 1.47 bits per heavy atom. The summed E-state index contributed by atoms with van der Waals surface area (Å²) in [6.45, 7) is 0. The topological polar surface area (TPSA) is 22.8 Å². The van der Waals surface area contributed by atoms with E-state index < -0.39 is 0 Å². The predicted octanol–water partition coefficient (Wildman–Crippen LogP) is 14.8. The number of fused-ring (bicyclic) bond motifs is 16. The lowest BCUT2D eigenvalue weighted by atomic mass is 9.92. The van der Waals surface area contributed by atoms with Crippen molar-refractivity contribution >= 4 is 107 Å². The number of thiophene rings is 1. The number of nitrogens with zero attached hydrogens (tertiary/aromatic N) is 3. The van der Waals surface area contributed by atoms with Crippen molar-refractivity contribution in [2.24, 2.45) is 0 Å². The number of para-hydroxylation sites is 3. The largest absolute Gasteiger partial charge is 0.307 e. The lowest BCUT2D eigenvalue weighted by Gasteiger charge is -2.12. The van der Waals surface area contributed by atoms with E-state index in [9.17, 15) is 0 Å². The fraction of sp³-hybridized carbons (Fsp3) is 0. The molecule has 0 aliphatic heterocycles.